The van der Waals surface area contributed by atoms with Crippen molar-refractivity contribution in [2.24, 2.45) is 0 Å². The number of carbonyl (C=O) groups excluding carboxylic acids is 1. The third kappa shape index (κ3) is 5.41. The molecule has 2 aromatic rings. The van der Waals surface area contributed by atoms with Gasteiger partial charge in [-0.2, -0.15) is 0 Å². The molecule has 2 rings (SSSR count). The Morgan fingerprint density at radius 1 is 0.875 bits per heavy atom. The third-order valence-corrected chi connectivity index (χ3v) is 4.23. The van der Waals surface area contributed by atoms with Crippen LogP contribution in [0.1, 0.15) is 37.0 Å². The van der Waals surface area contributed by atoms with Gasteiger partial charge in [-0.15, -0.1) is 0 Å². The summed E-state index contributed by atoms with van der Waals surface area (Å²) in [7, 11) is 0. The first-order valence-corrected chi connectivity index (χ1v) is 8.89. The molecule has 2 N–H and O–H groups in total. The summed E-state index contributed by atoms with van der Waals surface area (Å²) in [4.78, 5) is 12.0. The second kappa shape index (κ2) is 9.76. The van der Waals surface area contributed by atoms with E-state index in [4.69, 9.17) is 0 Å². The van der Waals surface area contributed by atoms with Crippen LogP contribution in [-0.4, -0.2) is 19.0 Å². The maximum atomic E-state index is 12.0. The molecule has 0 heterocycles. The van der Waals surface area contributed by atoms with Crippen LogP contribution in [0.15, 0.2) is 48.5 Å². The Labute approximate surface area is 145 Å². The van der Waals surface area contributed by atoms with Gasteiger partial charge in [0, 0.05) is 25.2 Å². The van der Waals surface area contributed by atoms with Crippen LogP contribution >= 0.6 is 0 Å². The van der Waals surface area contributed by atoms with Gasteiger partial charge in [0.2, 0.25) is 5.91 Å². The molecule has 0 aliphatic heterocycles. The highest BCUT2D eigenvalue weighted by atomic mass is 16.1. The minimum atomic E-state index is 0.102. The van der Waals surface area contributed by atoms with Gasteiger partial charge < -0.3 is 10.6 Å². The minimum Gasteiger partial charge on any atom is -0.384 e. The molecule has 0 atom stereocenters. The summed E-state index contributed by atoms with van der Waals surface area (Å²) in [6.45, 7) is 5.68. The zero-order valence-electron chi connectivity index (χ0n) is 14.8. The van der Waals surface area contributed by atoms with Gasteiger partial charge in [0.15, 0.2) is 0 Å². The molecule has 0 fully saturated rings. The number of rotatable bonds is 9. The molecule has 128 valence electrons. The van der Waals surface area contributed by atoms with Crippen LogP contribution in [0.5, 0.6) is 0 Å². The number of para-hydroxylation sites is 1. The van der Waals surface area contributed by atoms with Gasteiger partial charge in [-0.3, -0.25) is 4.79 Å². The van der Waals surface area contributed by atoms with Gasteiger partial charge in [-0.05, 0) is 36.0 Å². The van der Waals surface area contributed by atoms with E-state index in [1.54, 1.807) is 0 Å². The van der Waals surface area contributed by atoms with Crippen molar-refractivity contribution in [1.82, 2.24) is 5.32 Å². The molecule has 0 aromatic heterocycles. The van der Waals surface area contributed by atoms with E-state index in [1.165, 1.54) is 22.4 Å². The molecule has 0 saturated carbocycles. The van der Waals surface area contributed by atoms with Crippen LogP contribution in [0.4, 0.5) is 5.69 Å². The maximum Gasteiger partial charge on any atom is 0.221 e. The second-order valence-electron chi connectivity index (χ2n) is 5.92. The zero-order chi connectivity index (χ0) is 17.2. The lowest BCUT2D eigenvalue weighted by Crippen LogP contribution is -2.27. The topological polar surface area (TPSA) is 41.1 Å². The average molecular weight is 324 g/mol. The van der Waals surface area contributed by atoms with Gasteiger partial charge in [0.25, 0.3) is 0 Å². The van der Waals surface area contributed by atoms with Crippen molar-refractivity contribution in [2.45, 2.75) is 39.5 Å². The molecule has 3 heteroatoms. The molecule has 0 bridgehead atoms. The van der Waals surface area contributed by atoms with Gasteiger partial charge in [-0.1, -0.05) is 62.4 Å². The van der Waals surface area contributed by atoms with Crippen molar-refractivity contribution in [3.05, 3.63) is 65.2 Å². The molecule has 24 heavy (non-hydrogen) atoms. The molecule has 0 saturated heterocycles. The van der Waals surface area contributed by atoms with Crippen molar-refractivity contribution in [2.75, 3.05) is 18.4 Å². The molecular weight excluding hydrogens is 296 g/mol. The standard InChI is InChI=1S/C21H28N2O/c1-3-18-11-8-12-19(4-2)21(18)23-16-14-20(24)22-15-13-17-9-6-5-7-10-17/h5-12,23H,3-4,13-16H2,1-2H3,(H,22,24). The largest absolute Gasteiger partial charge is 0.384 e. The number of hydrogen-bond donors (Lipinski definition) is 2. The van der Waals surface area contributed by atoms with E-state index in [-0.39, 0.29) is 5.91 Å². The van der Waals surface area contributed by atoms with Crippen LogP contribution in [0.3, 0.4) is 0 Å². The Morgan fingerprint density at radius 3 is 2.17 bits per heavy atom. The Hall–Kier alpha value is -2.29. The van der Waals surface area contributed by atoms with Gasteiger partial charge >= 0.3 is 0 Å². The fourth-order valence-electron chi connectivity index (χ4n) is 2.85. The number of nitrogens with one attached hydrogen (secondary N) is 2. The molecule has 3 nitrogen and oxygen atoms in total. The average Bonchev–Trinajstić information content (AvgIpc) is 2.62. The van der Waals surface area contributed by atoms with E-state index in [0.717, 1.165) is 19.3 Å². The summed E-state index contributed by atoms with van der Waals surface area (Å²) in [5.74, 6) is 0.102. The highest BCUT2D eigenvalue weighted by Gasteiger charge is 2.07. The van der Waals surface area contributed by atoms with Gasteiger partial charge in [0.1, 0.15) is 0 Å². The lowest BCUT2D eigenvalue weighted by atomic mass is 10.0. The first-order valence-electron chi connectivity index (χ1n) is 8.89. The fourth-order valence-corrected chi connectivity index (χ4v) is 2.85. The predicted molar refractivity (Wildman–Crippen MR) is 101 cm³/mol. The molecule has 0 spiro atoms. The summed E-state index contributed by atoms with van der Waals surface area (Å²) in [6.07, 6.45) is 3.37. The van der Waals surface area contributed by atoms with E-state index >= 15 is 0 Å². The fraction of sp³-hybridized carbons (Fsp3) is 0.381. The number of carbonyl (C=O) groups is 1. The molecule has 0 unspecified atom stereocenters. The predicted octanol–water partition coefficient (Wildman–Crippen LogP) is 3.97. The smallest absolute Gasteiger partial charge is 0.221 e. The van der Waals surface area contributed by atoms with Crippen molar-refractivity contribution in [1.29, 1.82) is 0 Å². The highest BCUT2D eigenvalue weighted by Crippen LogP contribution is 2.22. The minimum absolute atomic E-state index is 0.102. The molecule has 0 aliphatic carbocycles. The number of hydrogen-bond acceptors (Lipinski definition) is 2. The van der Waals surface area contributed by atoms with Crippen LogP contribution in [0.2, 0.25) is 0 Å². The van der Waals surface area contributed by atoms with Crippen LogP contribution in [0.25, 0.3) is 0 Å². The van der Waals surface area contributed by atoms with Crippen molar-refractivity contribution in [3.63, 3.8) is 0 Å². The van der Waals surface area contributed by atoms with Crippen LogP contribution in [-0.2, 0) is 24.1 Å². The normalized spacial score (nSPS) is 10.4. The Balaban J connectivity index is 1.75. The van der Waals surface area contributed by atoms with Crippen molar-refractivity contribution < 1.29 is 4.79 Å². The Morgan fingerprint density at radius 2 is 1.54 bits per heavy atom. The lowest BCUT2D eigenvalue weighted by molar-refractivity contribution is -0.120. The molecule has 0 radical (unpaired) electrons. The van der Waals surface area contributed by atoms with Gasteiger partial charge in [-0.25, -0.2) is 0 Å². The first-order chi connectivity index (χ1) is 11.7. The summed E-state index contributed by atoms with van der Waals surface area (Å²) in [6, 6.07) is 16.6. The Kier molecular flexibility index (Phi) is 7.34. The van der Waals surface area contributed by atoms with E-state index in [9.17, 15) is 4.79 Å². The monoisotopic (exact) mass is 324 g/mol. The quantitative estimate of drug-likeness (QED) is 0.733. The second-order valence-corrected chi connectivity index (χ2v) is 5.92. The SMILES string of the molecule is CCc1cccc(CC)c1NCCC(=O)NCCc1ccccc1. The Bertz CT molecular complexity index is 615. The van der Waals surface area contributed by atoms with E-state index in [0.29, 0.717) is 19.5 Å². The molecule has 0 aliphatic rings. The summed E-state index contributed by atoms with van der Waals surface area (Å²) in [5.41, 5.74) is 5.10. The number of aryl methyl sites for hydroxylation is 2. The van der Waals surface area contributed by atoms with Crippen molar-refractivity contribution in [3.8, 4) is 0 Å². The van der Waals surface area contributed by atoms with Gasteiger partial charge in [0.05, 0.1) is 0 Å². The van der Waals surface area contributed by atoms with Crippen LogP contribution < -0.4 is 10.6 Å². The number of benzene rings is 2. The maximum absolute atomic E-state index is 12.0. The molecule has 1 amide bonds. The third-order valence-electron chi connectivity index (χ3n) is 4.23. The zero-order valence-corrected chi connectivity index (χ0v) is 14.8. The first kappa shape index (κ1) is 18.1. The highest BCUT2D eigenvalue weighted by molar-refractivity contribution is 5.76. The lowest BCUT2D eigenvalue weighted by Gasteiger charge is -2.15. The molecular formula is C21H28N2O. The summed E-state index contributed by atoms with van der Waals surface area (Å²) in [5, 5.41) is 6.46. The van der Waals surface area contributed by atoms with E-state index < -0.39 is 0 Å². The van der Waals surface area contributed by atoms with Crippen molar-refractivity contribution >= 4 is 11.6 Å². The number of amides is 1. The number of anilines is 1. The summed E-state index contributed by atoms with van der Waals surface area (Å²) >= 11 is 0. The van der Waals surface area contributed by atoms with E-state index in [1.807, 2.05) is 18.2 Å². The van der Waals surface area contributed by atoms with E-state index in [2.05, 4.69) is 54.8 Å². The van der Waals surface area contributed by atoms with Crippen LogP contribution in [0, 0.1) is 0 Å². The summed E-state index contributed by atoms with van der Waals surface area (Å²) < 4.78 is 0. The molecule has 2 aromatic carbocycles.